The van der Waals surface area contributed by atoms with Gasteiger partial charge in [-0.1, -0.05) is 40.7 Å². The van der Waals surface area contributed by atoms with Gasteiger partial charge in [0.15, 0.2) is 17.5 Å². The molecule has 0 saturated heterocycles. The Morgan fingerprint density at radius 3 is 2.03 bits per heavy atom. The first-order valence-electron chi connectivity index (χ1n) is 10.6. The van der Waals surface area contributed by atoms with Crippen LogP contribution in [-0.2, 0) is 17.3 Å². The molecule has 0 N–H and O–H groups in total. The van der Waals surface area contributed by atoms with Crippen molar-refractivity contribution in [1.82, 2.24) is 34.9 Å². The Bertz CT molecular complexity index is 1210. The van der Waals surface area contributed by atoms with E-state index in [0.717, 1.165) is 22.8 Å². The van der Waals surface area contributed by atoms with Crippen LogP contribution in [0.4, 0.5) is 0 Å². The van der Waals surface area contributed by atoms with Crippen molar-refractivity contribution in [1.29, 1.82) is 0 Å². The van der Waals surface area contributed by atoms with Crippen LogP contribution in [0.15, 0.2) is 61.2 Å². The molecule has 0 bridgehead atoms. The molecule has 0 amide bonds. The summed E-state index contributed by atoms with van der Waals surface area (Å²) in [5, 5.41) is 0. The fraction of sp³-hybridized carbons (Fsp3) is 0.320. The molecule has 0 aliphatic carbocycles. The van der Waals surface area contributed by atoms with Crippen LogP contribution >= 0.6 is 0 Å². The van der Waals surface area contributed by atoms with Gasteiger partial charge in [0.1, 0.15) is 5.69 Å². The Morgan fingerprint density at radius 2 is 1.28 bits per heavy atom. The highest BCUT2D eigenvalue weighted by Crippen LogP contribution is 2.27. The smallest absolute Gasteiger partial charge is 0.197 e. The summed E-state index contributed by atoms with van der Waals surface area (Å²) in [4.78, 5) is 31.7. The molecule has 162 valence electrons. The van der Waals surface area contributed by atoms with E-state index in [0.29, 0.717) is 23.9 Å². The van der Waals surface area contributed by atoms with Crippen molar-refractivity contribution in [3.05, 3.63) is 78.3 Å². The maximum Gasteiger partial charge on any atom is 0.197 e. The van der Waals surface area contributed by atoms with Gasteiger partial charge in [-0.2, -0.15) is 0 Å². The van der Waals surface area contributed by atoms with Gasteiger partial charge in [0, 0.05) is 53.4 Å². The second kappa shape index (κ2) is 8.49. The van der Waals surface area contributed by atoms with E-state index >= 15 is 0 Å². The molecule has 0 unspecified atom stereocenters. The molecule has 4 heterocycles. The van der Waals surface area contributed by atoms with Crippen LogP contribution in [-0.4, -0.2) is 34.9 Å². The first-order chi connectivity index (χ1) is 15.2. The van der Waals surface area contributed by atoms with E-state index in [4.69, 9.17) is 15.0 Å². The molecule has 0 radical (unpaired) electrons. The highest BCUT2D eigenvalue weighted by molar-refractivity contribution is 5.49. The molecule has 0 aliphatic heterocycles. The second-order valence-corrected chi connectivity index (χ2v) is 9.43. The summed E-state index contributed by atoms with van der Waals surface area (Å²) in [6, 6.07) is 11.7. The van der Waals surface area contributed by atoms with E-state index in [-0.39, 0.29) is 10.8 Å². The maximum absolute atomic E-state index is 4.82. The van der Waals surface area contributed by atoms with Gasteiger partial charge >= 0.3 is 0 Å². The second-order valence-electron chi connectivity index (χ2n) is 9.43. The summed E-state index contributed by atoms with van der Waals surface area (Å²) in [7, 11) is 0. The zero-order valence-electron chi connectivity index (χ0n) is 19.1. The predicted octanol–water partition coefficient (Wildman–Crippen LogP) is 4.60. The Balaban J connectivity index is 1.61. The summed E-state index contributed by atoms with van der Waals surface area (Å²) >= 11 is 0. The highest BCUT2D eigenvalue weighted by atomic mass is 15.0. The lowest BCUT2D eigenvalue weighted by atomic mass is 9.84. The monoisotopic (exact) mass is 425 g/mol. The topological polar surface area (TPSA) is 90.2 Å². The van der Waals surface area contributed by atoms with E-state index in [1.54, 1.807) is 30.9 Å². The highest BCUT2D eigenvalue weighted by Gasteiger charge is 2.25. The first-order valence-corrected chi connectivity index (χ1v) is 10.6. The molecule has 4 rings (SSSR count). The third kappa shape index (κ3) is 4.82. The van der Waals surface area contributed by atoms with Gasteiger partial charge in [0.05, 0.1) is 5.69 Å². The van der Waals surface area contributed by atoms with E-state index in [1.807, 2.05) is 30.3 Å². The number of aromatic nitrogens is 7. The molecule has 7 heteroatoms. The van der Waals surface area contributed by atoms with Crippen LogP contribution in [0, 0.1) is 0 Å². The molecular formula is C25H27N7. The zero-order chi connectivity index (χ0) is 22.8. The van der Waals surface area contributed by atoms with Crippen molar-refractivity contribution >= 4 is 0 Å². The maximum atomic E-state index is 4.82. The molecule has 0 aliphatic rings. The largest absolute Gasteiger partial charge is 0.249 e. The minimum absolute atomic E-state index is 0.0389. The minimum Gasteiger partial charge on any atom is -0.249 e. The SMILES string of the molecule is CC(C)(C)c1cccc(-c2nccc(CC(C)(C)c3ccnc(-c4ncccn4)n3)n2)n1. The Morgan fingerprint density at radius 1 is 0.594 bits per heavy atom. The quantitative estimate of drug-likeness (QED) is 0.461. The Hall–Kier alpha value is -3.61. The Labute approximate surface area is 188 Å². The van der Waals surface area contributed by atoms with Crippen molar-refractivity contribution in [2.45, 2.75) is 51.9 Å². The molecule has 4 aromatic heterocycles. The minimum atomic E-state index is -0.279. The number of hydrogen-bond acceptors (Lipinski definition) is 7. The summed E-state index contributed by atoms with van der Waals surface area (Å²) < 4.78 is 0. The van der Waals surface area contributed by atoms with Crippen molar-refractivity contribution in [2.75, 3.05) is 0 Å². The fourth-order valence-corrected chi connectivity index (χ4v) is 3.40. The van der Waals surface area contributed by atoms with Crippen molar-refractivity contribution < 1.29 is 0 Å². The molecule has 0 saturated carbocycles. The van der Waals surface area contributed by atoms with Crippen LogP contribution in [0.1, 0.15) is 51.7 Å². The van der Waals surface area contributed by atoms with Gasteiger partial charge in [0.2, 0.25) is 0 Å². The molecule has 0 aromatic carbocycles. The number of pyridine rings is 1. The van der Waals surface area contributed by atoms with Crippen LogP contribution in [0.25, 0.3) is 23.2 Å². The van der Waals surface area contributed by atoms with E-state index in [9.17, 15) is 0 Å². The molecule has 32 heavy (non-hydrogen) atoms. The van der Waals surface area contributed by atoms with Gasteiger partial charge in [-0.3, -0.25) is 0 Å². The van der Waals surface area contributed by atoms with Crippen LogP contribution in [0.2, 0.25) is 0 Å². The number of hydrogen-bond donors (Lipinski definition) is 0. The molecule has 0 spiro atoms. The molecule has 0 atom stereocenters. The summed E-state index contributed by atoms with van der Waals surface area (Å²) in [6.45, 7) is 10.7. The average molecular weight is 426 g/mol. The van der Waals surface area contributed by atoms with Gasteiger partial charge < -0.3 is 0 Å². The molecular weight excluding hydrogens is 398 g/mol. The van der Waals surface area contributed by atoms with Gasteiger partial charge in [-0.05, 0) is 30.3 Å². The van der Waals surface area contributed by atoms with E-state index in [1.165, 1.54) is 0 Å². The van der Waals surface area contributed by atoms with Crippen molar-refractivity contribution in [3.8, 4) is 23.2 Å². The van der Waals surface area contributed by atoms with Crippen LogP contribution < -0.4 is 0 Å². The lowest BCUT2D eigenvalue weighted by molar-refractivity contribution is 0.498. The fourth-order valence-electron chi connectivity index (χ4n) is 3.40. The average Bonchev–Trinajstić information content (AvgIpc) is 2.79. The molecule has 7 nitrogen and oxygen atoms in total. The number of nitrogens with zero attached hydrogens (tertiary/aromatic N) is 7. The van der Waals surface area contributed by atoms with E-state index in [2.05, 4.69) is 54.6 Å². The Kier molecular flexibility index (Phi) is 5.74. The van der Waals surface area contributed by atoms with Crippen molar-refractivity contribution in [2.24, 2.45) is 0 Å². The van der Waals surface area contributed by atoms with Crippen LogP contribution in [0.5, 0.6) is 0 Å². The predicted molar refractivity (Wildman–Crippen MR) is 124 cm³/mol. The lowest BCUT2D eigenvalue weighted by Gasteiger charge is -2.24. The summed E-state index contributed by atoms with van der Waals surface area (Å²) in [5.41, 5.74) is 3.31. The first kappa shape index (κ1) is 21.6. The normalized spacial score (nSPS) is 12.0. The van der Waals surface area contributed by atoms with Gasteiger partial charge in [0.25, 0.3) is 0 Å². The van der Waals surface area contributed by atoms with Crippen molar-refractivity contribution in [3.63, 3.8) is 0 Å². The lowest BCUT2D eigenvalue weighted by Crippen LogP contribution is -2.23. The van der Waals surface area contributed by atoms with E-state index < -0.39 is 0 Å². The van der Waals surface area contributed by atoms with Crippen LogP contribution in [0.3, 0.4) is 0 Å². The van der Waals surface area contributed by atoms with Gasteiger partial charge in [-0.25, -0.2) is 34.9 Å². The summed E-state index contributed by atoms with van der Waals surface area (Å²) in [5.74, 6) is 1.66. The molecule has 0 fully saturated rings. The third-order valence-electron chi connectivity index (χ3n) is 5.20. The third-order valence-corrected chi connectivity index (χ3v) is 5.20. The number of rotatable bonds is 5. The standard InChI is InChI=1S/C25H27N7/c1-24(2,3)19-9-6-8-18(31-19)21-28-14-10-17(30-21)16-25(4,5)20-11-15-29-23(32-20)22-26-12-7-13-27-22/h6-15H,16H2,1-5H3. The zero-order valence-corrected chi connectivity index (χ0v) is 19.1. The van der Waals surface area contributed by atoms with Gasteiger partial charge in [-0.15, -0.1) is 0 Å². The molecule has 4 aromatic rings. The summed E-state index contributed by atoms with van der Waals surface area (Å²) in [6.07, 6.45) is 7.61.